The van der Waals surface area contributed by atoms with Crippen molar-refractivity contribution in [3.05, 3.63) is 53.3 Å². The zero-order chi connectivity index (χ0) is 17.2. The number of ether oxygens (including phenoxy) is 2. The highest BCUT2D eigenvalue weighted by molar-refractivity contribution is 6.00. The van der Waals surface area contributed by atoms with Crippen molar-refractivity contribution in [1.82, 2.24) is 0 Å². The second-order valence-electron chi connectivity index (χ2n) is 7.91. The molecule has 0 spiro atoms. The van der Waals surface area contributed by atoms with Crippen molar-refractivity contribution in [2.24, 2.45) is 5.92 Å². The molecule has 0 bridgehead atoms. The fourth-order valence-corrected chi connectivity index (χ4v) is 4.83. The molecular formula is C22H22O3. The van der Waals surface area contributed by atoms with Crippen LogP contribution in [0.5, 0.6) is 5.75 Å². The van der Waals surface area contributed by atoms with Gasteiger partial charge in [0.1, 0.15) is 17.1 Å². The van der Waals surface area contributed by atoms with Crippen LogP contribution in [0.4, 0.5) is 0 Å². The molecule has 0 saturated heterocycles. The number of hydrogen-bond donors (Lipinski definition) is 0. The molecule has 2 atom stereocenters. The molecule has 0 radical (unpaired) electrons. The fraction of sp³-hybridized carbons (Fsp3) is 0.409. The molecular weight excluding hydrogens is 312 g/mol. The van der Waals surface area contributed by atoms with Crippen LogP contribution in [0.15, 0.2) is 47.7 Å². The standard InChI is InChI=1S/C22H22O3/c1-22(2)15-12-24-17-11-10-13-6-3-4-7-14(13)19(17)20(15)21-16(23)8-5-9-18(21)25-22/h3-4,6-7,10-11,15,20H,5,8-9,12H2,1-2H3/t15-,20-/m0/s1. The molecule has 0 N–H and O–H groups in total. The predicted octanol–water partition coefficient (Wildman–Crippen LogP) is 4.75. The van der Waals surface area contributed by atoms with Crippen molar-refractivity contribution in [3.8, 4) is 5.75 Å². The Morgan fingerprint density at radius 3 is 2.80 bits per heavy atom. The Hall–Kier alpha value is -2.29. The maximum Gasteiger partial charge on any atom is 0.162 e. The van der Waals surface area contributed by atoms with E-state index >= 15 is 0 Å². The molecule has 2 aromatic rings. The second kappa shape index (κ2) is 5.10. The van der Waals surface area contributed by atoms with E-state index in [0.29, 0.717) is 13.0 Å². The normalized spacial score (nSPS) is 27.0. The Bertz CT molecular complexity index is 922. The van der Waals surface area contributed by atoms with E-state index in [0.717, 1.165) is 29.9 Å². The molecule has 3 aliphatic rings. The van der Waals surface area contributed by atoms with Gasteiger partial charge in [-0.2, -0.15) is 0 Å². The van der Waals surface area contributed by atoms with E-state index in [1.165, 1.54) is 16.3 Å². The Morgan fingerprint density at radius 2 is 1.92 bits per heavy atom. The van der Waals surface area contributed by atoms with Crippen molar-refractivity contribution < 1.29 is 14.3 Å². The Kier molecular flexibility index (Phi) is 3.06. The summed E-state index contributed by atoms with van der Waals surface area (Å²) in [6.45, 7) is 4.85. The van der Waals surface area contributed by atoms with Gasteiger partial charge in [-0.05, 0) is 37.1 Å². The summed E-state index contributed by atoms with van der Waals surface area (Å²) in [6.07, 6.45) is 2.39. The van der Waals surface area contributed by atoms with E-state index in [-0.39, 0.29) is 23.2 Å². The summed E-state index contributed by atoms with van der Waals surface area (Å²) in [7, 11) is 0. The molecule has 3 heteroatoms. The van der Waals surface area contributed by atoms with Gasteiger partial charge in [-0.3, -0.25) is 4.79 Å². The van der Waals surface area contributed by atoms with E-state index in [1.807, 2.05) is 0 Å². The van der Waals surface area contributed by atoms with Gasteiger partial charge >= 0.3 is 0 Å². The number of allylic oxidation sites excluding steroid dienone is 2. The van der Waals surface area contributed by atoms with Crippen molar-refractivity contribution in [1.29, 1.82) is 0 Å². The first-order chi connectivity index (χ1) is 12.1. The van der Waals surface area contributed by atoms with Crippen LogP contribution in [-0.2, 0) is 9.53 Å². The average molecular weight is 334 g/mol. The number of hydrogen-bond acceptors (Lipinski definition) is 3. The number of carbonyl (C=O) groups is 1. The van der Waals surface area contributed by atoms with Gasteiger partial charge < -0.3 is 9.47 Å². The molecule has 25 heavy (non-hydrogen) atoms. The third-order valence-corrected chi connectivity index (χ3v) is 6.06. The van der Waals surface area contributed by atoms with Gasteiger partial charge in [-0.15, -0.1) is 0 Å². The average Bonchev–Trinajstić information content (AvgIpc) is 2.60. The van der Waals surface area contributed by atoms with E-state index in [4.69, 9.17) is 9.47 Å². The van der Waals surface area contributed by atoms with E-state index < -0.39 is 0 Å². The van der Waals surface area contributed by atoms with Gasteiger partial charge in [0.2, 0.25) is 0 Å². The molecule has 0 fully saturated rings. The smallest absolute Gasteiger partial charge is 0.162 e. The molecule has 0 aromatic heterocycles. The topological polar surface area (TPSA) is 35.5 Å². The second-order valence-corrected chi connectivity index (χ2v) is 7.91. The summed E-state index contributed by atoms with van der Waals surface area (Å²) in [5.74, 6) is 2.31. The Morgan fingerprint density at radius 1 is 1.08 bits per heavy atom. The first-order valence-corrected chi connectivity index (χ1v) is 9.16. The summed E-state index contributed by atoms with van der Waals surface area (Å²) in [5.41, 5.74) is 1.75. The molecule has 1 aliphatic carbocycles. The van der Waals surface area contributed by atoms with Gasteiger partial charge in [0.05, 0.1) is 6.61 Å². The van der Waals surface area contributed by atoms with E-state index in [9.17, 15) is 4.79 Å². The third-order valence-electron chi connectivity index (χ3n) is 6.06. The summed E-state index contributed by atoms with van der Waals surface area (Å²) in [6, 6.07) is 12.6. The van der Waals surface area contributed by atoms with Crippen LogP contribution < -0.4 is 4.74 Å². The van der Waals surface area contributed by atoms with Crippen LogP contribution in [0, 0.1) is 5.92 Å². The number of benzene rings is 2. The highest BCUT2D eigenvalue weighted by Gasteiger charge is 2.51. The zero-order valence-corrected chi connectivity index (χ0v) is 14.7. The lowest BCUT2D eigenvalue weighted by Crippen LogP contribution is -2.49. The summed E-state index contributed by atoms with van der Waals surface area (Å²) < 4.78 is 12.5. The minimum Gasteiger partial charge on any atom is -0.493 e. The van der Waals surface area contributed by atoms with Gasteiger partial charge in [-0.1, -0.05) is 30.3 Å². The van der Waals surface area contributed by atoms with Crippen LogP contribution in [0.25, 0.3) is 10.8 Å². The van der Waals surface area contributed by atoms with Gasteiger partial charge in [0.25, 0.3) is 0 Å². The van der Waals surface area contributed by atoms with Gasteiger partial charge in [0, 0.05) is 35.8 Å². The number of carbonyl (C=O) groups excluding carboxylic acids is 1. The molecule has 5 rings (SSSR count). The van der Waals surface area contributed by atoms with E-state index in [1.54, 1.807) is 0 Å². The van der Waals surface area contributed by atoms with Gasteiger partial charge in [-0.25, -0.2) is 0 Å². The highest BCUT2D eigenvalue weighted by atomic mass is 16.5. The van der Waals surface area contributed by atoms with Crippen LogP contribution in [0.1, 0.15) is 44.6 Å². The van der Waals surface area contributed by atoms with Crippen molar-refractivity contribution in [2.45, 2.75) is 44.6 Å². The fourth-order valence-electron chi connectivity index (χ4n) is 4.83. The number of Topliss-reactive ketones (excluding diaryl/α,β-unsaturated/α-hetero) is 1. The van der Waals surface area contributed by atoms with E-state index in [2.05, 4.69) is 50.2 Å². The highest BCUT2D eigenvalue weighted by Crippen LogP contribution is 2.54. The monoisotopic (exact) mass is 334 g/mol. The summed E-state index contributed by atoms with van der Waals surface area (Å²) in [5, 5.41) is 2.39. The minimum absolute atomic E-state index is 0.0707. The SMILES string of the molecule is CC1(C)OC2=C(C(=O)CCC2)[C@@H]2c3c(ccc4ccccc34)OC[C@@H]21. The number of fused-ring (bicyclic) bond motifs is 6. The minimum atomic E-state index is -0.338. The molecule has 0 unspecified atom stereocenters. The predicted molar refractivity (Wildman–Crippen MR) is 96.7 cm³/mol. The Balaban J connectivity index is 1.83. The quantitative estimate of drug-likeness (QED) is 0.697. The van der Waals surface area contributed by atoms with Crippen molar-refractivity contribution in [2.75, 3.05) is 6.61 Å². The maximum absolute atomic E-state index is 12.9. The first kappa shape index (κ1) is 15.0. The van der Waals surface area contributed by atoms with Crippen LogP contribution in [0.3, 0.4) is 0 Å². The third kappa shape index (κ3) is 2.08. The number of rotatable bonds is 0. The molecule has 128 valence electrons. The molecule has 2 aromatic carbocycles. The van der Waals surface area contributed by atoms with Crippen molar-refractivity contribution >= 4 is 16.6 Å². The largest absolute Gasteiger partial charge is 0.493 e. The van der Waals surface area contributed by atoms with Crippen LogP contribution in [0.2, 0.25) is 0 Å². The first-order valence-electron chi connectivity index (χ1n) is 9.16. The van der Waals surface area contributed by atoms with Crippen LogP contribution >= 0.6 is 0 Å². The molecule has 2 heterocycles. The number of ketones is 1. The summed E-state index contributed by atoms with van der Waals surface area (Å²) >= 11 is 0. The molecule has 0 amide bonds. The Labute approximate surface area is 147 Å². The lowest BCUT2D eigenvalue weighted by atomic mass is 9.66. The zero-order valence-electron chi connectivity index (χ0n) is 14.7. The molecule has 3 nitrogen and oxygen atoms in total. The maximum atomic E-state index is 12.9. The lowest BCUT2D eigenvalue weighted by Gasteiger charge is -2.49. The van der Waals surface area contributed by atoms with Crippen LogP contribution in [-0.4, -0.2) is 18.0 Å². The molecule has 2 aliphatic heterocycles. The van der Waals surface area contributed by atoms with Gasteiger partial charge in [0.15, 0.2) is 5.78 Å². The van der Waals surface area contributed by atoms with Crippen molar-refractivity contribution in [3.63, 3.8) is 0 Å². The lowest BCUT2D eigenvalue weighted by molar-refractivity contribution is -0.121. The molecule has 0 saturated carbocycles. The summed E-state index contributed by atoms with van der Waals surface area (Å²) in [4.78, 5) is 12.9.